The zero-order valence-corrected chi connectivity index (χ0v) is 13.3. The van der Waals surface area contributed by atoms with Crippen molar-refractivity contribution < 1.29 is 19.0 Å². The Balaban J connectivity index is 2.24. The van der Waals surface area contributed by atoms with Crippen LogP contribution in [0.1, 0.15) is 12.5 Å². The van der Waals surface area contributed by atoms with Crippen LogP contribution < -0.4 is 5.32 Å². The van der Waals surface area contributed by atoms with E-state index in [-0.39, 0.29) is 18.5 Å². The summed E-state index contributed by atoms with van der Waals surface area (Å²) in [6.07, 6.45) is -0.693. The monoisotopic (exact) mass is 349 g/mol. The van der Waals surface area contributed by atoms with Crippen LogP contribution in [0.2, 0.25) is 0 Å². The van der Waals surface area contributed by atoms with Crippen LogP contribution in [0.25, 0.3) is 0 Å². The van der Waals surface area contributed by atoms with E-state index in [0.29, 0.717) is 25.3 Å². The number of halogens is 2. The van der Waals surface area contributed by atoms with Gasteiger partial charge in [0.2, 0.25) is 0 Å². The van der Waals surface area contributed by atoms with Crippen LogP contribution >= 0.6 is 15.9 Å². The second-order valence-electron chi connectivity index (χ2n) is 4.62. The second-order valence-corrected chi connectivity index (χ2v) is 5.54. The normalized spacial score (nSPS) is 14.2. The molecule has 1 aromatic rings. The highest BCUT2D eigenvalue weighted by Gasteiger charge is 2.09. The molecule has 0 fully saturated rings. The molecule has 4 nitrogen and oxygen atoms in total. The molecule has 0 aliphatic rings. The van der Waals surface area contributed by atoms with Gasteiger partial charge in [0.25, 0.3) is 0 Å². The molecular formula is C14H21BrFNO3. The third-order valence-electron chi connectivity index (χ3n) is 2.68. The van der Waals surface area contributed by atoms with Crippen molar-refractivity contribution in [1.29, 1.82) is 0 Å². The molecule has 6 heteroatoms. The third kappa shape index (κ3) is 6.76. The molecule has 0 aromatic heterocycles. The van der Waals surface area contributed by atoms with E-state index in [1.54, 1.807) is 19.2 Å². The predicted molar refractivity (Wildman–Crippen MR) is 79.1 cm³/mol. The lowest BCUT2D eigenvalue weighted by Crippen LogP contribution is -2.32. The predicted octanol–water partition coefficient (Wildman–Crippen LogP) is 2.09. The second kappa shape index (κ2) is 9.41. The minimum Gasteiger partial charge on any atom is -0.389 e. The molecule has 0 bridgehead atoms. The molecule has 1 aromatic carbocycles. The van der Waals surface area contributed by atoms with Crippen molar-refractivity contribution >= 4 is 15.9 Å². The Morgan fingerprint density at radius 1 is 1.40 bits per heavy atom. The van der Waals surface area contributed by atoms with Gasteiger partial charge in [-0.3, -0.25) is 0 Å². The maximum Gasteiger partial charge on any atom is 0.127 e. The summed E-state index contributed by atoms with van der Waals surface area (Å²) in [4.78, 5) is 0. The van der Waals surface area contributed by atoms with E-state index in [9.17, 15) is 9.50 Å². The van der Waals surface area contributed by atoms with Gasteiger partial charge in [-0.2, -0.15) is 0 Å². The molecule has 0 heterocycles. The minimum absolute atomic E-state index is 0.0582. The topological polar surface area (TPSA) is 50.7 Å². The van der Waals surface area contributed by atoms with E-state index >= 15 is 0 Å². The standard InChI is InChI=1S/C14H21BrFNO3/c1-10(8-19-2)20-9-13(18)7-17-6-11-5-12(15)3-4-14(11)16/h3-5,10,13,17-18H,6-9H2,1-2H3. The van der Waals surface area contributed by atoms with E-state index in [1.165, 1.54) is 6.07 Å². The molecule has 114 valence electrons. The highest BCUT2D eigenvalue weighted by molar-refractivity contribution is 9.10. The zero-order valence-electron chi connectivity index (χ0n) is 11.7. The number of nitrogens with one attached hydrogen (secondary N) is 1. The smallest absolute Gasteiger partial charge is 0.127 e. The highest BCUT2D eigenvalue weighted by atomic mass is 79.9. The molecule has 0 saturated heterocycles. The highest BCUT2D eigenvalue weighted by Crippen LogP contribution is 2.15. The summed E-state index contributed by atoms with van der Waals surface area (Å²) in [7, 11) is 1.60. The Morgan fingerprint density at radius 3 is 2.85 bits per heavy atom. The number of hydrogen-bond acceptors (Lipinski definition) is 4. The fraction of sp³-hybridized carbons (Fsp3) is 0.571. The van der Waals surface area contributed by atoms with Crippen molar-refractivity contribution in [3.8, 4) is 0 Å². The Labute approximate surface area is 127 Å². The molecule has 20 heavy (non-hydrogen) atoms. The van der Waals surface area contributed by atoms with Crippen molar-refractivity contribution in [3.63, 3.8) is 0 Å². The van der Waals surface area contributed by atoms with Crippen molar-refractivity contribution in [2.45, 2.75) is 25.7 Å². The quantitative estimate of drug-likeness (QED) is 0.716. The summed E-state index contributed by atoms with van der Waals surface area (Å²) in [6.45, 7) is 3.28. The average Bonchev–Trinajstić information content (AvgIpc) is 2.41. The van der Waals surface area contributed by atoms with E-state index < -0.39 is 6.10 Å². The number of benzene rings is 1. The van der Waals surface area contributed by atoms with Crippen LogP contribution in [0.5, 0.6) is 0 Å². The summed E-state index contributed by atoms with van der Waals surface area (Å²) in [5.41, 5.74) is 0.556. The van der Waals surface area contributed by atoms with Gasteiger partial charge in [0.15, 0.2) is 0 Å². The summed E-state index contributed by atoms with van der Waals surface area (Å²) < 4.78 is 24.6. The van der Waals surface area contributed by atoms with Gasteiger partial charge in [0, 0.05) is 30.2 Å². The van der Waals surface area contributed by atoms with Gasteiger partial charge in [0.05, 0.1) is 25.4 Å². The number of rotatable bonds is 9. The fourth-order valence-electron chi connectivity index (χ4n) is 1.67. The maximum absolute atomic E-state index is 13.5. The third-order valence-corrected chi connectivity index (χ3v) is 3.17. The van der Waals surface area contributed by atoms with Crippen LogP contribution in [-0.2, 0) is 16.0 Å². The van der Waals surface area contributed by atoms with Crippen molar-refractivity contribution in [2.24, 2.45) is 0 Å². The fourth-order valence-corrected chi connectivity index (χ4v) is 2.08. The van der Waals surface area contributed by atoms with E-state index in [2.05, 4.69) is 21.2 Å². The van der Waals surface area contributed by atoms with Crippen LogP contribution in [0.3, 0.4) is 0 Å². The van der Waals surface area contributed by atoms with Gasteiger partial charge in [-0.05, 0) is 25.1 Å². The molecule has 0 spiro atoms. The van der Waals surface area contributed by atoms with Crippen LogP contribution in [0.15, 0.2) is 22.7 Å². The Bertz CT molecular complexity index is 406. The summed E-state index contributed by atoms with van der Waals surface area (Å²) in [5, 5.41) is 12.7. The van der Waals surface area contributed by atoms with Crippen LogP contribution in [0, 0.1) is 5.82 Å². The lowest BCUT2D eigenvalue weighted by atomic mass is 10.2. The van der Waals surface area contributed by atoms with Gasteiger partial charge in [-0.25, -0.2) is 4.39 Å². The first kappa shape index (κ1) is 17.5. The summed E-state index contributed by atoms with van der Waals surface area (Å²) in [5.74, 6) is -0.264. The summed E-state index contributed by atoms with van der Waals surface area (Å²) >= 11 is 3.30. The average molecular weight is 350 g/mol. The van der Waals surface area contributed by atoms with Crippen molar-refractivity contribution in [1.82, 2.24) is 5.32 Å². The molecular weight excluding hydrogens is 329 g/mol. The van der Waals surface area contributed by atoms with E-state index in [1.807, 2.05) is 6.92 Å². The number of ether oxygens (including phenoxy) is 2. The van der Waals surface area contributed by atoms with Crippen molar-refractivity contribution in [2.75, 3.05) is 26.9 Å². The molecule has 0 aliphatic heterocycles. The van der Waals surface area contributed by atoms with Gasteiger partial charge in [0.1, 0.15) is 5.82 Å². The largest absolute Gasteiger partial charge is 0.389 e. The van der Waals surface area contributed by atoms with Crippen molar-refractivity contribution in [3.05, 3.63) is 34.1 Å². The first-order valence-corrected chi connectivity index (χ1v) is 7.25. The molecule has 0 radical (unpaired) electrons. The zero-order chi connectivity index (χ0) is 15.0. The summed E-state index contributed by atoms with van der Waals surface area (Å²) in [6, 6.07) is 4.78. The maximum atomic E-state index is 13.5. The van der Waals surface area contributed by atoms with Crippen LogP contribution in [-0.4, -0.2) is 44.2 Å². The first-order chi connectivity index (χ1) is 9.52. The molecule has 2 atom stereocenters. The van der Waals surface area contributed by atoms with Gasteiger partial charge < -0.3 is 19.9 Å². The number of methoxy groups -OCH3 is 1. The Morgan fingerprint density at radius 2 is 2.15 bits per heavy atom. The molecule has 0 saturated carbocycles. The Hall–Kier alpha value is -0.530. The molecule has 0 amide bonds. The SMILES string of the molecule is COCC(C)OCC(O)CNCc1cc(Br)ccc1F. The van der Waals surface area contributed by atoms with Gasteiger partial charge in [-0.15, -0.1) is 0 Å². The Kier molecular flexibility index (Phi) is 8.25. The molecule has 2 unspecified atom stereocenters. The molecule has 1 rings (SSSR count). The lowest BCUT2D eigenvalue weighted by molar-refractivity contribution is -0.0311. The molecule has 0 aliphatic carbocycles. The van der Waals surface area contributed by atoms with E-state index in [4.69, 9.17) is 9.47 Å². The number of hydrogen-bond donors (Lipinski definition) is 2. The van der Waals surface area contributed by atoms with Crippen LogP contribution in [0.4, 0.5) is 4.39 Å². The van der Waals surface area contributed by atoms with Gasteiger partial charge in [-0.1, -0.05) is 15.9 Å². The molecule has 2 N–H and O–H groups in total. The minimum atomic E-state index is -0.635. The van der Waals surface area contributed by atoms with Gasteiger partial charge >= 0.3 is 0 Å². The lowest BCUT2D eigenvalue weighted by Gasteiger charge is -2.16. The number of aliphatic hydroxyl groups is 1. The number of aliphatic hydroxyl groups excluding tert-OH is 1. The van der Waals surface area contributed by atoms with E-state index in [0.717, 1.165) is 4.47 Å². The first-order valence-electron chi connectivity index (χ1n) is 6.46.